The molecule has 1 saturated carbocycles. The third kappa shape index (κ3) is 3.68. The predicted molar refractivity (Wildman–Crippen MR) is 84.3 cm³/mol. The number of nitrogens with zero attached hydrogens (tertiary/aromatic N) is 3. The molecular formula is C15H24BrN3. The topological polar surface area (TPSA) is 29.0 Å². The molecule has 4 heteroatoms. The van der Waals surface area contributed by atoms with E-state index >= 15 is 0 Å². The number of aromatic nitrogens is 2. The molecule has 1 fully saturated rings. The van der Waals surface area contributed by atoms with Gasteiger partial charge in [0.15, 0.2) is 0 Å². The van der Waals surface area contributed by atoms with E-state index in [1.807, 2.05) is 0 Å². The molecule has 1 aromatic heterocycles. The second-order valence-corrected chi connectivity index (χ2v) is 6.49. The first-order valence-electron chi connectivity index (χ1n) is 7.30. The van der Waals surface area contributed by atoms with Gasteiger partial charge in [0.2, 0.25) is 0 Å². The van der Waals surface area contributed by atoms with Crippen LogP contribution >= 0.6 is 15.9 Å². The minimum absolute atomic E-state index is 0.387. The van der Waals surface area contributed by atoms with Crippen molar-refractivity contribution in [1.82, 2.24) is 9.97 Å². The summed E-state index contributed by atoms with van der Waals surface area (Å²) in [5, 5.41) is 1.05. The zero-order chi connectivity index (χ0) is 13.8. The lowest BCUT2D eigenvalue weighted by atomic mass is 9.91. The highest BCUT2D eigenvalue weighted by atomic mass is 79.9. The molecule has 3 nitrogen and oxygen atoms in total. The van der Waals surface area contributed by atoms with E-state index in [2.05, 4.69) is 52.7 Å². The van der Waals surface area contributed by atoms with Gasteiger partial charge in [0.05, 0.1) is 0 Å². The Labute approximate surface area is 125 Å². The van der Waals surface area contributed by atoms with E-state index in [-0.39, 0.29) is 0 Å². The normalized spacial score (nSPS) is 15.6. The van der Waals surface area contributed by atoms with Crippen molar-refractivity contribution in [3.8, 4) is 0 Å². The molecule has 1 aliphatic rings. The van der Waals surface area contributed by atoms with Gasteiger partial charge in [-0.1, -0.05) is 29.8 Å². The molecule has 1 aliphatic carbocycles. The van der Waals surface area contributed by atoms with Gasteiger partial charge in [-0.15, -0.1) is 0 Å². The minimum Gasteiger partial charge on any atom is -0.353 e. The summed E-state index contributed by atoms with van der Waals surface area (Å²) in [6.45, 7) is 7.47. The highest BCUT2D eigenvalue weighted by Crippen LogP contribution is 2.29. The summed E-state index contributed by atoms with van der Waals surface area (Å²) in [6.07, 6.45) is 5.14. The molecule has 0 atom stereocenters. The fraction of sp³-hybridized carbons (Fsp3) is 0.733. The Morgan fingerprint density at radius 1 is 1.37 bits per heavy atom. The molecule has 1 aromatic rings. The monoisotopic (exact) mass is 325 g/mol. The molecular weight excluding hydrogens is 302 g/mol. The number of alkyl halides is 1. The lowest BCUT2D eigenvalue weighted by Gasteiger charge is -2.38. The van der Waals surface area contributed by atoms with Crippen molar-refractivity contribution < 1.29 is 0 Å². The molecule has 0 aliphatic heterocycles. The average molecular weight is 326 g/mol. The van der Waals surface area contributed by atoms with Crippen molar-refractivity contribution >= 4 is 21.7 Å². The quantitative estimate of drug-likeness (QED) is 0.739. The summed E-state index contributed by atoms with van der Waals surface area (Å²) in [5.41, 5.74) is 1.08. The highest BCUT2D eigenvalue weighted by Gasteiger charge is 2.26. The molecule has 0 spiro atoms. The van der Waals surface area contributed by atoms with Crippen LogP contribution in [0.3, 0.4) is 0 Å². The number of hydrogen-bond donors (Lipinski definition) is 0. The van der Waals surface area contributed by atoms with Gasteiger partial charge in [-0.2, -0.15) is 0 Å². The van der Waals surface area contributed by atoms with Gasteiger partial charge >= 0.3 is 0 Å². The van der Waals surface area contributed by atoms with Crippen molar-refractivity contribution in [2.45, 2.75) is 58.4 Å². The third-order valence-electron chi connectivity index (χ3n) is 3.72. The van der Waals surface area contributed by atoms with E-state index in [0.29, 0.717) is 12.0 Å². The molecule has 0 N–H and O–H groups in total. The Hall–Kier alpha value is -0.640. The average Bonchev–Trinajstić information content (AvgIpc) is 2.31. The van der Waals surface area contributed by atoms with Crippen LogP contribution in [0.4, 0.5) is 5.82 Å². The fourth-order valence-electron chi connectivity index (χ4n) is 2.39. The van der Waals surface area contributed by atoms with Gasteiger partial charge in [-0.25, -0.2) is 9.97 Å². The van der Waals surface area contributed by atoms with Crippen LogP contribution in [0.2, 0.25) is 0 Å². The van der Waals surface area contributed by atoms with Gasteiger partial charge in [-0.05, 0) is 32.6 Å². The van der Waals surface area contributed by atoms with Crippen LogP contribution in [0.1, 0.15) is 57.0 Å². The summed E-state index contributed by atoms with van der Waals surface area (Å²) >= 11 is 3.53. The Kier molecular flexibility index (Phi) is 5.20. The summed E-state index contributed by atoms with van der Waals surface area (Å²) in [6, 6.07) is 2.83. The molecule has 0 amide bonds. The molecule has 0 saturated heterocycles. The lowest BCUT2D eigenvalue weighted by Crippen LogP contribution is -2.41. The Bertz CT molecular complexity index is 416. The zero-order valence-corrected chi connectivity index (χ0v) is 13.8. The zero-order valence-electron chi connectivity index (χ0n) is 12.2. The van der Waals surface area contributed by atoms with E-state index in [0.717, 1.165) is 35.6 Å². The molecule has 19 heavy (non-hydrogen) atoms. The highest BCUT2D eigenvalue weighted by molar-refractivity contribution is 9.09. The SMILES string of the molecule is Cc1cc(N(CCCBr)C2CCC2)nc(C(C)C)n1. The maximum atomic E-state index is 4.79. The summed E-state index contributed by atoms with van der Waals surface area (Å²) in [7, 11) is 0. The number of halogens is 1. The van der Waals surface area contributed by atoms with Gasteiger partial charge in [0.25, 0.3) is 0 Å². The Morgan fingerprint density at radius 2 is 2.11 bits per heavy atom. The standard InChI is InChI=1S/C15H24BrN3/c1-11(2)15-17-12(3)10-14(18-15)19(9-5-8-16)13-6-4-7-13/h10-11,13H,4-9H2,1-3H3. The van der Waals surface area contributed by atoms with Crippen LogP contribution < -0.4 is 4.90 Å². The van der Waals surface area contributed by atoms with Crippen molar-refractivity contribution in [1.29, 1.82) is 0 Å². The van der Waals surface area contributed by atoms with Crippen molar-refractivity contribution in [3.05, 3.63) is 17.6 Å². The lowest BCUT2D eigenvalue weighted by molar-refractivity contribution is 0.383. The first kappa shape index (κ1) is 14.8. The number of rotatable bonds is 6. The van der Waals surface area contributed by atoms with Crippen molar-refractivity contribution in [3.63, 3.8) is 0 Å². The molecule has 0 radical (unpaired) electrons. The molecule has 2 rings (SSSR count). The Morgan fingerprint density at radius 3 is 2.63 bits per heavy atom. The van der Waals surface area contributed by atoms with Crippen LogP contribution in [0.15, 0.2) is 6.07 Å². The summed E-state index contributed by atoms with van der Waals surface area (Å²) < 4.78 is 0. The van der Waals surface area contributed by atoms with E-state index in [9.17, 15) is 0 Å². The summed E-state index contributed by atoms with van der Waals surface area (Å²) in [5.74, 6) is 2.48. The van der Waals surface area contributed by atoms with E-state index in [1.165, 1.54) is 19.3 Å². The minimum atomic E-state index is 0.387. The second kappa shape index (κ2) is 6.69. The smallest absolute Gasteiger partial charge is 0.133 e. The van der Waals surface area contributed by atoms with Gasteiger partial charge in [-0.3, -0.25) is 0 Å². The van der Waals surface area contributed by atoms with Gasteiger partial charge in [0, 0.05) is 35.6 Å². The van der Waals surface area contributed by atoms with Gasteiger partial charge < -0.3 is 4.90 Å². The first-order valence-corrected chi connectivity index (χ1v) is 8.42. The second-order valence-electron chi connectivity index (χ2n) is 5.70. The van der Waals surface area contributed by atoms with Crippen LogP contribution in [-0.4, -0.2) is 27.9 Å². The maximum absolute atomic E-state index is 4.79. The number of aryl methyl sites for hydroxylation is 1. The molecule has 1 heterocycles. The van der Waals surface area contributed by atoms with Crippen LogP contribution in [0.5, 0.6) is 0 Å². The van der Waals surface area contributed by atoms with Crippen molar-refractivity contribution in [2.24, 2.45) is 0 Å². The van der Waals surface area contributed by atoms with E-state index in [1.54, 1.807) is 0 Å². The Balaban J connectivity index is 2.24. The van der Waals surface area contributed by atoms with Crippen LogP contribution in [0.25, 0.3) is 0 Å². The number of hydrogen-bond acceptors (Lipinski definition) is 3. The largest absolute Gasteiger partial charge is 0.353 e. The van der Waals surface area contributed by atoms with Gasteiger partial charge in [0.1, 0.15) is 11.6 Å². The van der Waals surface area contributed by atoms with Crippen LogP contribution in [-0.2, 0) is 0 Å². The number of anilines is 1. The molecule has 106 valence electrons. The molecule has 0 unspecified atom stereocenters. The van der Waals surface area contributed by atoms with Crippen LogP contribution in [0, 0.1) is 6.92 Å². The van der Waals surface area contributed by atoms with E-state index in [4.69, 9.17) is 4.98 Å². The fourth-order valence-corrected chi connectivity index (χ4v) is 2.64. The van der Waals surface area contributed by atoms with Crippen molar-refractivity contribution in [2.75, 3.05) is 16.8 Å². The van der Waals surface area contributed by atoms with E-state index < -0.39 is 0 Å². The molecule has 0 bridgehead atoms. The first-order chi connectivity index (χ1) is 9.11. The third-order valence-corrected chi connectivity index (χ3v) is 4.28. The summed E-state index contributed by atoms with van der Waals surface area (Å²) in [4.78, 5) is 11.8. The maximum Gasteiger partial charge on any atom is 0.133 e. The molecule has 0 aromatic carbocycles. The predicted octanol–water partition coefficient (Wildman–Crippen LogP) is 4.05.